The molecule has 0 aliphatic carbocycles. The number of nitrogens with zero attached hydrogens (tertiary/aromatic N) is 1. The lowest BCUT2D eigenvalue weighted by atomic mass is 9.82. The minimum atomic E-state index is -0.935. The normalized spacial score (nSPS) is 15.4. The lowest BCUT2D eigenvalue weighted by molar-refractivity contribution is -0.142. The van der Waals surface area contributed by atoms with Gasteiger partial charge in [0.1, 0.15) is 6.07 Å². The Kier molecular flexibility index (Phi) is 9.77. The van der Waals surface area contributed by atoms with Gasteiger partial charge < -0.3 is 25.4 Å². The monoisotopic (exact) mass is 392 g/mol. The highest BCUT2D eigenvalue weighted by Crippen LogP contribution is 2.31. The maximum absolute atomic E-state index is 11.0. The lowest BCUT2D eigenvalue weighted by Gasteiger charge is -2.28. The van der Waals surface area contributed by atoms with E-state index in [0.717, 1.165) is 12.0 Å². The third kappa shape index (κ3) is 7.37. The molecule has 0 aliphatic rings. The highest BCUT2D eigenvalue weighted by Gasteiger charge is 2.26. The SMILES string of the molecule is COc1ccc(C[C@@H](C[C@H](N)[C@@H](O)C[C@@H](C)C(=O)O)C(C)C)cc1OCC#N. The molecule has 0 saturated carbocycles. The maximum Gasteiger partial charge on any atom is 0.306 e. The summed E-state index contributed by atoms with van der Waals surface area (Å²) >= 11 is 0. The van der Waals surface area contributed by atoms with Crippen LogP contribution in [0.15, 0.2) is 18.2 Å². The van der Waals surface area contributed by atoms with Gasteiger partial charge in [-0.15, -0.1) is 0 Å². The smallest absolute Gasteiger partial charge is 0.306 e. The highest BCUT2D eigenvalue weighted by atomic mass is 16.5. The predicted octanol–water partition coefficient (Wildman–Crippen LogP) is 2.60. The summed E-state index contributed by atoms with van der Waals surface area (Å²) in [5.74, 6) is 0.0241. The number of aliphatic carboxylic acids is 1. The van der Waals surface area contributed by atoms with E-state index in [0.29, 0.717) is 23.8 Å². The predicted molar refractivity (Wildman–Crippen MR) is 106 cm³/mol. The molecule has 0 saturated heterocycles. The number of nitrogens with two attached hydrogens (primary N) is 1. The van der Waals surface area contributed by atoms with Crippen LogP contribution in [0, 0.1) is 29.1 Å². The number of aliphatic hydroxyl groups excluding tert-OH is 1. The summed E-state index contributed by atoms with van der Waals surface area (Å²) in [5.41, 5.74) is 7.20. The number of hydrogen-bond donors (Lipinski definition) is 3. The van der Waals surface area contributed by atoms with E-state index in [1.165, 1.54) is 0 Å². The molecular formula is C21H32N2O5. The van der Waals surface area contributed by atoms with Gasteiger partial charge in [0.05, 0.1) is 19.1 Å². The van der Waals surface area contributed by atoms with Crippen LogP contribution in [0.2, 0.25) is 0 Å². The zero-order valence-electron chi connectivity index (χ0n) is 17.1. The number of carbonyl (C=O) groups is 1. The minimum Gasteiger partial charge on any atom is -0.493 e. The Morgan fingerprint density at radius 1 is 1.25 bits per heavy atom. The van der Waals surface area contributed by atoms with Crippen molar-refractivity contribution in [3.8, 4) is 17.6 Å². The summed E-state index contributed by atoms with van der Waals surface area (Å²) < 4.78 is 10.7. The van der Waals surface area contributed by atoms with Gasteiger partial charge in [-0.2, -0.15) is 5.26 Å². The molecule has 7 nitrogen and oxygen atoms in total. The van der Waals surface area contributed by atoms with Crippen LogP contribution in [0.3, 0.4) is 0 Å². The number of hydrogen-bond acceptors (Lipinski definition) is 6. The van der Waals surface area contributed by atoms with Crippen molar-refractivity contribution in [3.63, 3.8) is 0 Å². The van der Waals surface area contributed by atoms with Gasteiger partial charge in [0, 0.05) is 6.04 Å². The topological polar surface area (TPSA) is 126 Å². The van der Waals surface area contributed by atoms with Gasteiger partial charge in [-0.1, -0.05) is 26.8 Å². The van der Waals surface area contributed by atoms with Gasteiger partial charge in [-0.05, 0) is 48.8 Å². The zero-order valence-corrected chi connectivity index (χ0v) is 17.1. The van der Waals surface area contributed by atoms with E-state index in [9.17, 15) is 9.90 Å². The summed E-state index contributed by atoms with van der Waals surface area (Å²) in [7, 11) is 1.55. The Morgan fingerprint density at radius 2 is 1.93 bits per heavy atom. The number of carboxylic acids is 1. The van der Waals surface area contributed by atoms with Gasteiger partial charge in [-0.25, -0.2) is 0 Å². The van der Waals surface area contributed by atoms with Crippen molar-refractivity contribution < 1.29 is 24.5 Å². The molecule has 0 fully saturated rings. The molecule has 1 aromatic carbocycles. The molecule has 0 amide bonds. The third-order valence-corrected chi connectivity index (χ3v) is 5.05. The van der Waals surface area contributed by atoms with Crippen molar-refractivity contribution in [1.29, 1.82) is 5.26 Å². The Labute approximate surface area is 167 Å². The average Bonchev–Trinajstić information content (AvgIpc) is 2.65. The van der Waals surface area contributed by atoms with Crippen LogP contribution >= 0.6 is 0 Å². The minimum absolute atomic E-state index is 0.0632. The van der Waals surface area contributed by atoms with Crippen LogP contribution in [0.4, 0.5) is 0 Å². The summed E-state index contributed by atoms with van der Waals surface area (Å²) in [5, 5.41) is 28.0. The molecular weight excluding hydrogens is 360 g/mol. The van der Waals surface area contributed by atoms with E-state index in [2.05, 4.69) is 13.8 Å². The number of methoxy groups -OCH3 is 1. The molecule has 28 heavy (non-hydrogen) atoms. The largest absolute Gasteiger partial charge is 0.493 e. The second kappa shape index (κ2) is 11.5. The molecule has 0 spiro atoms. The molecule has 0 aromatic heterocycles. The Hall–Kier alpha value is -2.30. The second-order valence-corrected chi connectivity index (χ2v) is 7.58. The average molecular weight is 392 g/mol. The summed E-state index contributed by atoms with van der Waals surface area (Å²) in [6.45, 7) is 5.70. The second-order valence-electron chi connectivity index (χ2n) is 7.58. The van der Waals surface area contributed by atoms with Crippen molar-refractivity contribution in [3.05, 3.63) is 23.8 Å². The molecule has 4 atom stereocenters. The van der Waals surface area contributed by atoms with Crippen molar-refractivity contribution in [2.75, 3.05) is 13.7 Å². The molecule has 7 heteroatoms. The number of rotatable bonds is 12. The quantitative estimate of drug-likeness (QED) is 0.499. The fourth-order valence-corrected chi connectivity index (χ4v) is 3.11. The van der Waals surface area contributed by atoms with E-state index in [-0.39, 0.29) is 18.9 Å². The number of nitriles is 1. The molecule has 0 radical (unpaired) electrons. The van der Waals surface area contributed by atoms with E-state index in [1.807, 2.05) is 24.3 Å². The van der Waals surface area contributed by atoms with Gasteiger partial charge in [0.2, 0.25) is 0 Å². The fourth-order valence-electron chi connectivity index (χ4n) is 3.11. The van der Waals surface area contributed by atoms with E-state index >= 15 is 0 Å². The molecule has 0 heterocycles. The first-order valence-corrected chi connectivity index (χ1v) is 9.52. The van der Waals surface area contributed by atoms with E-state index in [4.69, 9.17) is 25.6 Å². The molecule has 156 valence electrons. The lowest BCUT2D eigenvalue weighted by Crippen LogP contribution is -2.39. The van der Waals surface area contributed by atoms with Gasteiger partial charge in [0.15, 0.2) is 18.1 Å². The molecule has 1 rings (SSSR count). The Morgan fingerprint density at radius 3 is 2.46 bits per heavy atom. The highest BCUT2D eigenvalue weighted by molar-refractivity contribution is 5.69. The Balaban J connectivity index is 2.84. The van der Waals surface area contributed by atoms with Crippen LogP contribution in [0.1, 0.15) is 39.2 Å². The van der Waals surface area contributed by atoms with Crippen LogP contribution in [0.5, 0.6) is 11.5 Å². The van der Waals surface area contributed by atoms with Gasteiger partial charge in [-0.3, -0.25) is 4.79 Å². The van der Waals surface area contributed by atoms with Crippen molar-refractivity contribution in [2.45, 2.75) is 52.2 Å². The van der Waals surface area contributed by atoms with Gasteiger partial charge >= 0.3 is 5.97 Å². The first-order chi connectivity index (χ1) is 13.2. The van der Waals surface area contributed by atoms with Crippen LogP contribution in [0.25, 0.3) is 0 Å². The maximum atomic E-state index is 11.0. The van der Waals surface area contributed by atoms with Crippen molar-refractivity contribution in [2.24, 2.45) is 23.5 Å². The number of benzene rings is 1. The summed E-state index contributed by atoms with van der Waals surface area (Å²) in [4.78, 5) is 11.0. The third-order valence-electron chi connectivity index (χ3n) is 5.05. The summed E-state index contributed by atoms with van der Waals surface area (Å²) in [6.07, 6.45) is 0.568. The van der Waals surface area contributed by atoms with Crippen LogP contribution < -0.4 is 15.2 Å². The number of carboxylic acid groups (broad SMARTS) is 1. The molecule has 0 unspecified atom stereocenters. The standard InChI is InChI=1S/C21H32N2O5/c1-13(2)16(12-17(23)18(24)9-14(3)21(25)26)10-15-5-6-19(27-4)20(11-15)28-8-7-22/h5-6,11,13-14,16-18,24H,8-10,12,23H2,1-4H3,(H,25,26)/t14-,16+,17+,18+/m1/s1. The molecule has 0 aliphatic heterocycles. The Bertz CT molecular complexity index is 671. The fraction of sp³-hybridized carbons (Fsp3) is 0.619. The molecule has 1 aromatic rings. The van der Waals surface area contributed by atoms with E-state index < -0.39 is 24.0 Å². The van der Waals surface area contributed by atoms with Crippen molar-refractivity contribution in [1.82, 2.24) is 0 Å². The van der Waals surface area contributed by atoms with Crippen molar-refractivity contribution >= 4 is 5.97 Å². The molecule has 0 bridgehead atoms. The first-order valence-electron chi connectivity index (χ1n) is 9.52. The van der Waals surface area contributed by atoms with Gasteiger partial charge in [0.25, 0.3) is 0 Å². The van der Waals surface area contributed by atoms with Crippen LogP contribution in [-0.4, -0.2) is 42.0 Å². The summed E-state index contributed by atoms with van der Waals surface area (Å²) in [6, 6.07) is 7.06. The number of ether oxygens (including phenoxy) is 2. The molecule has 4 N–H and O–H groups in total. The first kappa shape index (κ1) is 23.7. The number of aliphatic hydroxyl groups is 1. The van der Waals surface area contributed by atoms with E-state index in [1.54, 1.807) is 14.0 Å². The van der Waals surface area contributed by atoms with Crippen LogP contribution in [-0.2, 0) is 11.2 Å². The zero-order chi connectivity index (χ0) is 21.3.